The largest absolute Gasteiger partial charge is 0.480 e. The van der Waals surface area contributed by atoms with Gasteiger partial charge >= 0.3 is 5.97 Å². The number of benzene rings is 6. The number of nitrogens with one attached hydrogen (secondary N) is 5. The number of fused-ring (bicyclic) bond motifs is 2. The summed E-state index contributed by atoms with van der Waals surface area (Å²) in [5, 5.41) is 32.8. The fraction of sp³-hybridized carbons (Fsp3) is 0.161. The van der Waals surface area contributed by atoms with E-state index < -0.39 is 78.1 Å². The lowest BCUT2D eigenvalue weighted by molar-refractivity contribution is -0.138. The second kappa shape index (κ2) is 29.4. The molecule has 4 atom stereocenters. The number of carbonyl (C=O) groups is 6. The van der Waals surface area contributed by atoms with Gasteiger partial charge in [-0.15, -0.1) is 12.4 Å². The maximum atomic E-state index is 15.5. The van der Waals surface area contributed by atoms with E-state index in [1.54, 1.807) is 128 Å². The molecule has 6 heterocycles. The van der Waals surface area contributed by atoms with Crippen molar-refractivity contribution < 1.29 is 51.4 Å². The molecule has 6 aromatic carbocycles. The summed E-state index contributed by atoms with van der Waals surface area (Å²) in [5.74, 6) is -5.69. The van der Waals surface area contributed by atoms with Crippen LogP contribution >= 0.6 is 35.6 Å². The number of carboxylic acids is 1. The lowest BCUT2D eigenvalue weighted by atomic mass is 10.0. The lowest BCUT2D eigenvalue weighted by Crippen LogP contribution is -2.44. The number of amides is 5. The van der Waals surface area contributed by atoms with Crippen molar-refractivity contribution in [3.8, 4) is 22.3 Å². The predicted molar refractivity (Wildman–Crippen MR) is 339 cm³/mol. The fourth-order valence-corrected chi connectivity index (χ4v) is 10.7. The molecule has 4 aromatic heterocycles. The highest BCUT2D eigenvalue weighted by Crippen LogP contribution is 2.36. The number of carboxylic acid groups (broad SMARTS) is 1. The van der Waals surface area contributed by atoms with Crippen molar-refractivity contribution in [3.05, 3.63) is 192 Å². The van der Waals surface area contributed by atoms with Crippen LogP contribution in [0.2, 0.25) is 10.0 Å². The van der Waals surface area contributed by atoms with Crippen LogP contribution in [0.4, 0.5) is 51.7 Å². The van der Waals surface area contributed by atoms with Crippen LogP contribution in [0.5, 0.6) is 0 Å². The number of likely N-dealkylation sites (tertiary alicyclic amines) is 1. The Balaban J connectivity index is 0.000000179. The Morgan fingerprint density at radius 1 is 0.576 bits per heavy atom. The number of aliphatic carboxylic acids is 1. The number of hydrogen-bond acceptors (Lipinski definition) is 15. The van der Waals surface area contributed by atoms with E-state index in [-0.39, 0.29) is 73.2 Å². The molecule has 23 nitrogen and oxygen atoms in total. The summed E-state index contributed by atoms with van der Waals surface area (Å²) in [6.07, 6.45) is 6.43. The molecule has 92 heavy (non-hydrogen) atoms. The average molecular weight is 1320 g/mol. The zero-order valence-electron chi connectivity index (χ0n) is 47.8. The second-order valence-corrected chi connectivity index (χ2v) is 21.4. The minimum Gasteiger partial charge on any atom is -0.480 e. The van der Waals surface area contributed by atoms with Gasteiger partial charge in [-0.2, -0.15) is 10.2 Å². The topological polar surface area (TPSA) is 325 Å². The van der Waals surface area contributed by atoms with Gasteiger partial charge in [0.2, 0.25) is 17.7 Å². The number of hydrogen-bond donors (Lipinski definition) is 8. The summed E-state index contributed by atoms with van der Waals surface area (Å²) < 4.78 is 60.5. The molecule has 2 saturated heterocycles. The minimum absolute atomic E-state index is 0. The first kappa shape index (κ1) is 65.8. The fourth-order valence-electron chi connectivity index (χ4n) is 10.2. The van der Waals surface area contributed by atoms with Gasteiger partial charge in [0, 0.05) is 73.8 Å². The Hall–Kier alpha value is -10.6. The molecule has 0 aliphatic carbocycles. The van der Waals surface area contributed by atoms with Crippen LogP contribution in [-0.2, 0) is 32.3 Å². The number of anilines is 6. The van der Waals surface area contributed by atoms with E-state index in [2.05, 4.69) is 56.7 Å². The van der Waals surface area contributed by atoms with Crippen LogP contribution in [0, 0.1) is 11.6 Å². The molecule has 472 valence electrons. The van der Waals surface area contributed by atoms with Crippen LogP contribution in [0.3, 0.4) is 0 Å². The summed E-state index contributed by atoms with van der Waals surface area (Å²) >= 11 is 12.3. The van der Waals surface area contributed by atoms with E-state index in [1.807, 2.05) is 0 Å². The molecule has 30 heteroatoms. The summed E-state index contributed by atoms with van der Waals surface area (Å²) in [5.41, 5.74) is 15.7. The van der Waals surface area contributed by atoms with E-state index in [0.717, 1.165) is 4.90 Å². The number of nitrogens with two attached hydrogens (primary N) is 2. The Morgan fingerprint density at radius 2 is 1.03 bits per heavy atom. The molecule has 2 aliphatic rings. The Bertz CT molecular complexity index is 4400. The first-order valence-electron chi connectivity index (χ1n) is 27.7. The van der Waals surface area contributed by atoms with Crippen LogP contribution in [-0.4, -0.2) is 123 Å². The highest BCUT2D eigenvalue weighted by atomic mass is 35.5. The Labute approximate surface area is 536 Å². The maximum absolute atomic E-state index is 15.5. The summed E-state index contributed by atoms with van der Waals surface area (Å²) in [6, 6.07) is 31.0. The van der Waals surface area contributed by atoms with Crippen molar-refractivity contribution in [1.29, 1.82) is 0 Å². The van der Waals surface area contributed by atoms with E-state index >= 15 is 4.39 Å². The molecule has 10 aromatic rings. The summed E-state index contributed by atoms with van der Waals surface area (Å²) in [6.45, 7) is -0.965. The number of aromatic nitrogens is 8. The van der Waals surface area contributed by atoms with Crippen LogP contribution < -0.4 is 38.1 Å². The van der Waals surface area contributed by atoms with Gasteiger partial charge in [0.15, 0.2) is 23.0 Å². The van der Waals surface area contributed by atoms with Gasteiger partial charge in [-0.3, -0.25) is 38.1 Å². The molecule has 0 radical (unpaired) electrons. The molecule has 0 unspecified atom stereocenters. The normalized spacial score (nSPS) is 15.7. The first-order valence-corrected chi connectivity index (χ1v) is 28.4. The van der Waals surface area contributed by atoms with Crippen molar-refractivity contribution in [1.82, 2.24) is 49.7 Å². The molecule has 0 saturated carbocycles. The third-order valence-corrected chi connectivity index (χ3v) is 15.0. The molecule has 10 N–H and O–H groups in total. The second-order valence-electron chi connectivity index (χ2n) is 20.6. The van der Waals surface area contributed by atoms with Crippen molar-refractivity contribution in [2.24, 2.45) is 11.5 Å². The third kappa shape index (κ3) is 15.3. The van der Waals surface area contributed by atoms with Crippen molar-refractivity contribution in [3.63, 3.8) is 0 Å². The van der Waals surface area contributed by atoms with Crippen molar-refractivity contribution >= 4 is 127 Å². The van der Waals surface area contributed by atoms with Gasteiger partial charge in [-0.1, -0.05) is 83.9 Å². The SMILES string of the molecule is Cl.NC(=O)c1nn(CC(=O)N2C[C@H](F)C[C@H]2C(=O)Nc2cccc(-c3ccccc3Cl)c2F)c2ccc(Nc3cncnc3)cc12.NC(=O)c1nn(CC(=O)O)c2ccc(Nc3cncnc3)cc12.O=C(Nc1cccc(-c2ccccc2Cl)c1F)[C@@H]1C[C@@H](F)CN1. The smallest absolute Gasteiger partial charge is 0.325 e. The van der Waals surface area contributed by atoms with Crippen LogP contribution in [0.25, 0.3) is 44.1 Å². The molecule has 0 bridgehead atoms. The van der Waals surface area contributed by atoms with Gasteiger partial charge in [0.25, 0.3) is 11.8 Å². The Kier molecular flexibility index (Phi) is 21.0. The van der Waals surface area contributed by atoms with Gasteiger partial charge in [0.05, 0.1) is 71.2 Å². The zero-order chi connectivity index (χ0) is 64.5. The van der Waals surface area contributed by atoms with E-state index in [9.17, 15) is 41.9 Å². The molecule has 2 fully saturated rings. The van der Waals surface area contributed by atoms with E-state index in [0.29, 0.717) is 71.3 Å². The third-order valence-electron chi connectivity index (χ3n) is 14.3. The minimum atomic E-state index is -1.48. The van der Waals surface area contributed by atoms with E-state index in [4.69, 9.17) is 39.8 Å². The van der Waals surface area contributed by atoms with Gasteiger partial charge in [0.1, 0.15) is 44.1 Å². The molecular formula is C62H53Cl3F4N16O7. The summed E-state index contributed by atoms with van der Waals surface area (Å²) in [4.78, 5) is 90.4. The molecule has 2 aliphatic heterocycles. The maximum Gasteiger partial charge on any atom is 0.325 e. The highest BCUT2D eigenvalue weighted by Gasteiger charge is 2.40. The number of rotatable bonds is 16. The molecule has 0 spiro atoms. The molecule has 12 rings (SSSR count). The lowest BCUT2D eigenvalue weighted by Gasteiger charge is -2.24. The number of carbonyl (C=O) groups excluding carboxylic acids is 5. The number of alkyl halides is 2. The highest BCUT2D eigenvalue weighted by molar-refractivity contribution is 6.33. The van der Waals surface area contributed by atoms with Crippen LogP contribution in [0.1, 0.15) is 33.8 Å². The average Bonchev–Trinajstić information content (AvgIpc) is 1.63. The predicted octanol–water partition coefficient (Wildman–Crippen LogP) is 9.67. The molecular weight excluding hydrogens is 1260 g/mol. The molecule has 5 amide bonds. The van der Waals surface area contributed by atoms with Crippen molar-refractivity contribution in [2.45, 2.75) is 50.4 Å². The standard InChI is InChI=1S/C31H25ClF2N8O3.C17H15ClF2N2O.C14H12N6O3.ClH/c32-23-6-2-1-4-20(23)21-5-3-7-24(28(21)34)39-31(45)26-10-17(33)14-41(26)27(43)15-42-25-9-8-18(38-19-12-36-16-37-13-19)11-22(25)29(40-42)30(35)44;18-13-6-2-1-4-11(13)12-5-3-7-14(16(12)20)22-17(23)15-8-10(19)9-21-15;15-14(23)13-10-3-8(18-9-4-16-7-17-5-9)1-2-11(10)20(19-13)6-12(21)22;/h1-9,11-13,16-17,26,38H,10,14-15H2,(H2,35,44)(H,39,45);1-7,10,15,21H,8-9H2,(H,22,23);1-5,7,18H,6H2,(H2,15,23)(H,21,22);1H/t17-,26+;10-,15+;;/m11../s1. The first-order chi connectivity index (χ1) is 43.8. The van der Waals surface area contributed by atoms with Gasteiger partial charge in [-0.05, 0) is 60.7 Å². The zero-order valence-corrected chi connectivity index (χ0v) is 50.1. The van der Waals surface area contributed by atoms with Crippen LogP contribution in [0.15, 0.2) is 159 Å². The quantitative estimate of drug-likeness (QED) is 0.0417. The van der Waals surface area contributed by atoms with Gasteiger partial charge < -0.3 is 48.1 Å². The van der Waals surface area contributed by atoms with Gasteiger partial charge in [-0.25, -0.2) is 37.5 Å². The number of primary amides is 2. The monoisotopic (exact) mass is 1310 g/mol. The van der Waals surface area contributed by atoms with Crippen molar-refractivity contribution in [2.75, 3.05) is 34.4 Å². The number of halogens is 7. The Morgan fingerprint density at radius 3 is 1.48 bits per heavy atom. The number of nitrogens with zero attached hydrogens (tertiary/aromatic N) is 9. The summed E-state index contributed by atoms with van der Waals surface area (Å²) in [7, 11) is 0. The van der Waals surface area contributed by atoms with E-state index in [1.165, 1.54) is 40.2 Å².